The predicted molar refractivity (Wildman–Crippen MR) is 73.3 cm³/mol. The van der Waals surface area contributed by atoms with Crippen LogP contribution >= 0.6 is 0 Å². The van der Waals surface area contributed by atoms with Crippen molar-refractivity contribution in [1.29, 1.82) is 0 Å². The molecule has 0 saturated heterocycles. The van der Waals surface area contributed by atoms with Crippen LogP contribution in [0.25, 0.3) is 0 Å². The largest absolute Gasteiger partial charge is 0.389 e. The van der Waals surface area contributed by atoms with E-state index < -0.39 is 5.60 Å². The lowest BCUT2D eigenvalue weighted by molar-refractivity contribution is -0.0856. The molecule has 0 unspecified atom stereocenters. The van der Waals surface area contributed by atoms with Crippen molar-refractivity contribution in [1.82, 2.24) is 9.78 Å². The van der Waals surface area contributed by atoms with E-state index in [1.165, 1.54) is 6.42 Å². The fraction of sp³-hybridized carbons (Fsp3) is 0.800. The third-order valence-corrected chi connectivity index (χ3v) is 3.85. The van der Waals surface area contributed by atoms with Gasteiger partial charge in [-0.1, -0.05) is 27.7 Å². The summed E-state index contributed by atoms with van der Waals surface area (Å²) in [6.07, 6.45) is 5.50. The minimum Gasteiger partial charge on any atom is -0.389 e. The van der Waals surface area contributed by atoms with Crippen LogP contribution in [0.5, 0.6) is 0 Å². The van der Waals surface area contributed by atoms with Crippen LogP contribution in [0.2, 0.25) is 0 Å². The lowest BCUT2D eigenvalue weighted by Crippen LogP contribution is -2.47. The number of hydrogen-bond acceptors (Lipinski definition) is 2. The first-order chi connectivity index (χ1) is 8.09. The van der Waals surface area contributed by atoms with Crippen LogP contribution in [0, 0.1) is 10.8 Å². The highest BCUT2D eigenvalue weighted by atomic mass is 16.3. The molecular weight excluding hydrogens is 224 g/mol. The second-order valence-corrected chi connectivity index (χ2v) is 7.74. The van der Waals surface area contributed by atoms with Crippen molar-refractivity contribution in [3.63, 3.8) is 0 Å². The van der Waals surface area contributed by atoms with E-state index in [0.717, 1.165) is 18.5 Å². The SMILES string of the molecule is Cn1ccc(CC2(O)CC(C)(C)CC(C)(C)C2)n1. The van der Waals surface area contributed by atoms with Gasteiger partial charge in [-0.25, -0.2) is 0 Å². The Balaban J connectivity index is 2.19. The van der Waals surface area contributed by atoms with Crippen LogP contribution in [-0.2, 0) is 13.5 Å². The van der Waals surface area contributed by atoms with E-state index in [0.29, 0.717) is 6.42 Å². The number of rotatable bonds is 2. The van der Waals surface area contributed by atoms with Gasteiger partial charge in [-0.15, -0.1) is 0 Å². The zero-order valence-corrected chi connectivity index (χ0v) is 12.3. The average molecular weight is 250 g/mol. The maximum Gasteiger partial charge on any atom is 0.0713 e. The van der Waals surface area contributed by atoms with Crippen molar-refractivity contribution in [2.45, 2.75) is 59.0 Å². The summed E-state index contributed by atoms with van der Waals surface area (Å²) < 4.78 is 1.80. The molecule has 3 nitrogen and oxygen atoms in total. The van der Waals surface area contributed by atoms with Gasteiger partial charge in [0.2, 0.25) is 0 Å². The van der Waals surface area contributed by atoms with E-state index in [2.05, 4.69) is 32.8 Å². The minimum atomic E-state index is -0.612. The Morgan fingerprint density at radius 3 is 2.17 bits per heavy atom. The molecule has 0 radical (unpaired) electrons. The van der Waals surface area contributed by atoms with Gasteiger partial charge in [0.15, 0.2) is 0 Å². The highest BCUT2D eigenvalue weighted by Gasteiger charge is 2.46. The zero-order valence-electron chi connectivity index (χ0n) is 12.3. The van der Waals surface area contributed by atoms with Crippen LogP contribution in [0.4, 0.5) is 0 Å². The Morgan fingerprint density at radius 2 is 1.72 bits per heavy atom. The topological polar surface area (TPSA) is 38.0 Å². The lowest BCUT2D eigenvalue weighted by atomic mass is 9.59. The van der Waals surface area contributed by atoms with Crippen LogP contribution in [-0.4, -0.2) is 20.5 Å². The Hall–Kier alpha value is -0.830. The first kappa shape index (κ1) is 13.6. The van der Waals surface area contributed by atoms with Crippen molar-refractivity contribution in [2.24, 2.45) is 17.9 Å². The number of aryl methyl sites for hydroxylation is 1. The average Bonchev–Trinajstić information content (AvgIpc) is 2.42. The van der Waals surface area contributed by atoms with Crippen molar-refractivity contribution in [3.05, 3.63) is 18.0 Å². The Bertz CT molecular complexity index is 415. The summed E-state index contributed by atoms with van der Waals surface area (Å²) >= 11 is 0. The van der Waals surface area contributed by atoms with Crippen molar-refractivity contribution < 1.29 is 5.11 Å². The number of nitrogens with zero attached hydrogens (tertiary/aromatic N) is 2. The molecule has 0 atom stereocenters. The van der Waals surface area contributed by atoms with Crippen LogP contribution in [0.1, 0.15) is 52.7 Å². The summed E-state index contributed by atoms with van der Waals surface area (Å²) in [7, 11) is 1.92. The molecule has 0 aliphatic heterocycles. The molecule has 1 aromatic rings. The third-order valence-electron chi connectivity index (χ3n) is 3.85. The fourth-order valence-electron chi connectivity index (χ4n) is 4.28. The zero-order chi connectivity index (χ0) is 13.6. The van der Waals surface area contributed by atoms with Gasteiger partial charge in [0, 0.05) is 19.7 Å². The van der Waals surface area contributed by atoms with E-state index in [-0.39, 0.29) is 10.8 Å². The van der Waals surface area contributed by atoms with Gasteiger partial charge < -0.3 is 5.11 Å². The highest BCUT2D eigenvalue weighted by Crippen LogP contribution is 2.50. The first-order valence-electron chi connectivity index (χ1n) is 6.80. The normalized spacial score (nSPS) is 25.0. The van der Waals surface area contributed by atoms with Crippen LogP contribution in [0.3, 0.4) is 0 Å². The molecule has 102 valence electrons. The summed E-state index contributed by atoms with van der Waals surface area (Å²) in [4.78, 5) is 0. The van der Waals surface area contributed by atoms with Crippen molar-refractivity contribution in [3.8, 4) is 0 Å². The number of aliphatic hydroxyl groups is 1. The molecule has 1 aromatic heterocycles. The quantitative estimate of drug-likeness (QED) is 0.876. The van der Waals surface area contributed by atoms with Gasteiger partial charge in [0.05, 0.1) is 11.3 Å². The third kappa shape index (κ3) is 3.14. The van der Waals surface area contributed by atoms with Gasteiger partial charge in [0.25, 0.3) is 0 Å². The van der Waals surface area contributed by atoms with Gasteiger partial charge in [-0.2, -0.15) is 5.10 Å². The summed E-state index contributed by atoms with van der Waals surface area (Å²) in [5.74, 6) is 0. The molecule has 1 heterocycles. The monoisotopic (exact) mass is 250 g/mol. The van der Waals surface area contributed by atoms with E-state index in [1.807, 2.05) is 19.3 Å². The molecule has 0 bridgehead atoms. The molecule has 18 heavy (non-hydrogen) atoms. The van der Waals surface area contributed by atoms with Gasteiger partial charge in [0.1, 0.15) is 0 Å². The summed E-state index contributed by atoms with van der Waals surface area (Å²) in [5.41, 5.74) is 0.782. The summed E-state index contributed by atoms with van der Waals surface area (Å²) in [6.45, 7) is 9.04. The molecule has 0 amide bonds. The van der Waals surface area contributed by atoms with Crippen molar-refractivity contribution >= 4 is 0 Å². The second-order valence-electron chi connectivity index (χ2n) is 7.74. The summed E-state index contributed by atoms with van der Waals surface area (Å²) in [6, 6.07) is 2.01. The number of hydrogen-bond donors (Lipinski definition) is 1. The Labute approximate surface area is 110 Å². The highest BCUT2D eigenvalue weighted by molar-refractivity contribution is 5.08. The molecule has 0 aromatic carbocycles. The van der Waals surface area contributed by atoms with E-state index >= 15 is 0 Å². The standard InChI is InChI=1S/C15H26N2O/c1-13(2)9-14(3,4)11-15(18,10-13)8-12-6-7-17(5)16-12/h6-7,18H,8-11H2,1-5H3. The molecule has 0 spiro atoms. The maximum atomic E-state index is 11.0. The van der Waals surface area contributed by atoms with E-state index in [1.54, 1.807) is 4.68 Å². The molecule has 2 rings (SSSR count). The summed E-state index contributed by atoms with van der Waals surface area (Å²) in [5, 5.41) is 15.4. The minimum absolute atomic E-state index is 0.200. The maximum absolute atomic E-state index is 11.0. The molecule has 1 aliphatic rings. The first-order valence-corrected chi connectivity index (χ1v) is 6.80. The fourth-order valence-corrected chi connectivity index (χ4v) is 4.28. The Morgan fingerprint density at radius 1 is 1.17 bits per heavy atom. The Kier molecular flexibility index (Phi) is 3.09. The van der Waals surface area contributed by atoms with Gasteiger partial charge in [-0.05, 0) is 36.2 Å². The van der Waals surface area contributed by atoms with Gasteiger partial charge >= 0.3 is 0 Å². The number of aromatic nitrogens is 2. The predicted octanol–water partition coefficient (Wildman–Crippen LogP) is 2.93. The van der Waals surface area contributed by atoms with Crippen LogP contribution in [0.15, 0.2) is 12.3 Å². The molecular formula is C15H26N2O. The lowest BCUT2D eigenvalue weighted by Gasteiger charge is -2.49. The van der Waals surface area contributed by atoms with E-state index in [9.17, 15) is 5.11 Å². The second kappa shape index (κ2) is 4.09. The molecule has 1 aliphatic carbocycles. The molecule has 3 heteroatoms. The van der Waals surface area contributed by atoms with Crippen molar-refractivity contribution in [2.75, 3.05) is 0 Å². The molecule has 1 saturated carbocycles. The van der Waals surface area contributed by atoms with E-state index in [4.69, 9.17) is 0 Å². The molecule has 1 N–H and O–H groups in total. The molecule has 1 fully saturated rings. The van der Waals surface area contributed by atoms with Crippen LogP contribution < -0.4 is 0 Å². The smallest absolute Gasteiger partial charge is 0.0713 e. The van der Waals surface area contributed by atoms with Gasteiger partial charge in [-0.3, -0.25) is 4.68 Å².